The molecule has 2 rings (SSSR count). The molecule has 0 bridgehead atoms. The Morgan fingerprint density at radius 1 is 1.47 bits per heavy atom. The van der Waals surface area contributed by atoms with Gasteiger partial charge in [0.25, 0.3) is 0 Å². The molecule has 0 amide bonds. The van der Waals surface area contributed by atoms with Gasteiger partial charge < -0.3 is 15.8 Å². The van der Waals surface area contributed by atoms with E-state index in [1.165, 1.54) is 11.1 Å². The van der Waals surface area contributed by atoms with Crippen molar-refractivity contribution in [2.75, 3.05) is 20.2 Å². The van der Waals surface area contributed by atoms with Gasteiger partial charge in [-0.1, -0.05) is 18.2 Å². The van der Waals surface area contributed by atoms with Crippen LogP contribution in [0.3, 0.4) is 0 Å². The largest absolute Gasteiger partial charge is 0.497 e. The Hall–Kier alpha value is -1.32. The van der Waals surface area contributed by atoms with Crippen molar-refractivity contribution >= 4 is 0 Å². The number of aryl methyl sites for hydroxylation is 1. The van der Waals surface area contributed by atoms with E-state index in [1.807, 2.05) is 13.0 Å². The van der Waals surface area contributed by atoms with Gasteiger partial charge in [-0.25, -0.2) is 0 Å². The van der Waals surface area contributed by atoms with E-state index in [-0.39, 0.29) is 5.54 Å². The molecule has 19 heavy (non-hydrogen) atoms. The van der Waals surface area contributed by atoms with Crippen molar-refractivity contribution in [2.45, 2.75) is 31.7 Å². The molecular weight excluding hydrogens is 236 g/mol. The average molecular weight is 260 g/mol. The molecule has 1 aliphatic rings. The zero-order valence-corrected chi connectivity index (χ0v) is 12.0. The summed E-state index contributed by atoms with van der Waals surface area (Å²) < 4.78 is 5.31. The van der Waals surface area contributed by atoms with Crippen LogP contribution >= 0.6 is 0 Å². The van der Waals surface area contributed by atoms with Gasteiger partial charge >= 0.3 is 0 Å². The standard InChI is InChI=1S/C16H24N2O/c1-12(2)10-18-16(11-17)7-6-13-4-5-15(19-3)8-14(13)9-16/h4-5,8,18H,1,6-7,9-11,17H2,2-3H3. The van der Waals surface area contributed by atoms with E-state index in [9.17, 15) is 0 Å². The third-order valence-corrected chi connectivity index (χ3v) is 3.97. The highest BCUT2D eigenvalue weighted by Gasteiger charge is 2.32. The number of ether oxygens (including phenoxy) is 1. The minimum Gasteiger partial charge on any atom is -0.497 e. The predicted octanol–water partition coefficient (Wildman–Crippen LogP) is 2.05. The second kappa shape index (κ2) is 5.76. The summed E-state index contributed by atoms with van der Waals surface area (Å²) in [6.07, 6.45) is 3.11. The van der Waals surface area contributed by atoms with Crippen LogP contribution in [0.1, 0.15) is 24.5 Å². The zero-order valence-electron chi connectivity index (χ0n) is 12.0. The predicted molar refractivity (Wildman–Crippen MR) is 79.6 cm³/mol. The molecule has 0 radical (unpaired) electrons. The van der Waals surface area contributed by atoms with Crippen LogP contribution in [0.15, 0.2) is 30.4 Å². The summed E-state index contributed by atoms with van der Waals surface area (Å²) in [6, 6.07) is 6.35. The lowest BCUT2D eigenvalue weighted by Crippen LogP contribution is -2.55. The van der Waals surface area contributed by atoms with Gasteiger partial charge in [0.1, 0.15) is 5.75 Å². The number of nitrogens with one attached hydrogen (secondary N) is 1. The Labute approximate surface area is 115 Å². The Morgan fingerprint density at radius 3 is 2.89 bits per heavy atom. The molecule has 3 nitrogen and oxygen atoms in total. The second-order valence-corrected chi connectivity index (χ2v) is 5.61. The van der Waals surface area contributed by atoms with Gasteiger partial charge in [0, 0.05) is 18.6 Å². The molecule has 0 heterocycles. The Bertz CT molecular complexity index is 470. The van der Waals surface area contributed by atoms with Crippen molar-refractivity contribution in [1.82, 2.24) is 5.32 Å². The fourth-order valence-corrected chi connectivity index (χ4v) is 2.70. The molecule has 1 aromatic carbocycles. The molecule has 0 saturated carbocycles. The molecule has 1 atom stereocenters. The number of fused-ring (bicyclic) bond motifs is 1. The molecular formula is C16H24N2O. The molecule has 1 aromatic rings. The average Bonchev–Trinajstić information content (AvgIpc) is 2.44. The number of nitrogens with two attached hydrogens (primary N) is 1. The smallest absolute Gasteiger partial charge is 0.119 e. The normalized spacial score (nSPS) is 21.8. The first-order valence-corrected chi connectivity index (χ1v) is 6.84. The number of hydrogen-bond donors (Lipinski definition) is 2. The summed E-state index contributed by atoms with van der Waals surface area (Å²) in [5, 5.41) is 3.60. The summed E-state index contributed by atoms with van der Waals surface area (Å²) in [5.74, 6) is 0.923. The molecule has 3 N–H and O–H groups in total. The molecule has 0 saturated heterocycles. The van der Waals surface area contributed by atoms with Crippen molar-refractivity contribution in [3.05, 3.63) is 41.5 Å². The van der Waals surface area contributed by atoms with E-state index < -0.39 is 0 Å². The monoisotopic (exact) mass is 260 g/mol. The van der Waals surface area contributed by atoms with Gasteiger partial charge in [0.15, 0.2) is 0 Å². The van der Waals surface area contributed by atoms with Crippen molar-refractivity contribution in [2.24, 2.45) is 5.73 Å². The fourth-order valence-electron chi connectivity index (χ4n) is 2.70. The van der Waals surface area contributed by atoms with Gasteiger partial charge in [0.05, 0.1) is 7.11 Å². The number of benzene rings is 1. The van der Waals surface area contributed by atoms with Crippen LogP contribution in [-0.2, 0) is 12.8 Å². The maximum atomic E-state index is 6.03. The highest BCUT2D eigenvalue weighted by atomic mass is 16.5. The quantitative estimate of drug-likeness (QED) is 0.797. The number of methoxy groups -OCH3 is 1. The second-order valence-electron chi connectivity index (χ2n) is 5.61. The van der Waals surface area contributed by atoms with Gasteiger partial charge in [0.2, 0.25) is 0 Å². The van der Waals surface area contributed by atoms with E-state index >= 15 is 0 Å². The van der Waals surface area contributed by atoms with Gasteiger partial charge in [-0.3, -0.25) is 0 Å². The summed E-state index contributed by atoms with van der Waals surface area (Å²) in [5.41, 5.74) is 9.94. The Morgan fingerprint density at radius 2 is 2.26 bits per heavy atom. The molecule has 0 aromatic heterocycles. The molecule has 0 fully saturated rings. The van der Waals surface area contributed by atoms with Crippen LogP contribution < -0.4 is 15.8 Å². The van der Waals surface area contributed by atoms with Crippen LogP contribution in [0.25, 0.3) is 0 Å². The van der Waals surface area contributed by atoms with E-state index in [4.69, 9.17) is 10.5 Å². The Balaban J connectivity index is 2.19. The first kappa shape index (κ1) is 14.1. The first-order chi connectivity index (χ1) is 9.08. The highest BCUT2D eigenvalue weighted by Crippen LogP contribution is 2.30. The van der Waals surface area contributed by atoms with E-state index in [1.54, 1.807) is 7.11 Å². The van der Waals surface area contributed by atoms with Crippen molar-refractivity contribution in [3.8, 4) is 5.75 Å². The maximum Gasteiger partial charge on any atom is 0.119 e. The van der Waals surface area contributed by atoms with Crippen LogP contribution in [-0.4, -0.2) is 25.7 Å². The van der Waals surface area contributed by atoms with Gasteiger partial charge in [-0.05, 0) is 49.4 Å². The van der Waals surface area contributed by atoms with E-state index in [0.717, 1.165) is 37.1 Å². The molecule has 0 aliphatic heterocycles. The fraction of sp³-hybridized carbons (Fsp3) is 0.500. The summed E-state index contributed by atoms with van der Waals surface area (Å²) >= 11 is 0. The van der Waals surface area contributed by atoms with Gasteiger partial charge in [-0.2, -0.15) is 0 Å². The molecule has 0 spiro atoms. The van der Waals surface area contributed by atoms with E-state index in [2.05, 4.69) is 24.0 Å². The Kier molecular flexibility index (Phi) is 4.27. The van der Waals surface area contributed by atoms with Crippen molar-refractivity contribution in [1.29, 1.82) is 0 Å². The summed E-state index contributed by atoms with van der Waals surface area (Å²) in [7, 11) is 1.71. The van der Waals surface area contributed by atoms with Crippen LogP contribution in [0.2, 0.25) is 0 Å². The summed E-state index contributed by atoms with van der Waals surface area (Å²) in [4.78, 5) is 0. The van der Waals surface area contributed by atoms with E-state index in [0.29, 0.717) is 6.54 Å². The van der Waals surface area contributed by atoms with Crippen LogP contribution in [0.4, 0.5) is 0 Å². The van der Waals surface area contributed by atoms with Crippen LogP contribution in [0.5, 0.6) is 5.75 Å². The SMILES string of the molecule is C=C(C)CNC1(CN)CCc2ccc(OC)cc2C1. The molecule has 1 unspecified atom stereocenters. The van der Waals surface area contributed by atoms with Crippen molar-refractivity contribution in [3.63, 3.8) is 0 Å². The maximum absolute atomic E-state index is 6.03. The number of hydrogen-bond acceptors (Lipinski definition) is 3. The minimum atomic E-state index is -0.00167. The zero-order chi connectivity index (χ0) is 13.9. The van der Waals surface area contributed by atoms with Crippen LogP contribution in [0, 0.1) is 0 Å². The topological polar surface area (TPSA) is 47.3 Å². The summed E-state index contributed by atoms with van der Waals surface area (Å²) in [6.45, 7) is 7.47. The molecule has 104 valence electrons. The highest BCUT2D eigenvalue weighted by molar-refractivity contribution is 5.39. The molecule has 1 aliphatic carbocycles. The van der Waals surface area contributed by atoms with Crippen molar-refractivity contribution < 1.29 is 4.74 Å². The molecule has 3 heteroatoms. The minimum absolute atomic E-state index is 0.00167. The third-order valence-electron chi connectivity index (χ3n) is 3.97. The lowest BCUT2D eigenvalue weighted by Gasteiger charge is -2.38. The lowest BCUT2D eigenvalue weighted by molar-refractivity contribution is 0.302. The first-order valence-electron chi connectivity index (χ1n) is 6.84. The lowest BCUT2D eigenvalue weighted by atomic mass is 9.77. The third kappa shape index (κ3) is 3.17. The van der Waals surface area contributed by atoms with Gasteiger partial charge in [-0.15, -0.1) is 0 Å². The number of rotatable bonds is 5.